The average Bonchev–Trinajstić information content (AvgIpc) is 3.42. The maximum absolute atomic E-state index is 13.2. The van der Waals surface area contributed by atoms with Gasteiger partial charge in [-0.15, -0.1) is 5.10 Å². The van der Waals surface area contributed by atoms with Gasteiger partial charge in [0.05, 0.1) is 24.7 Å². The highest BCUT2D eigenvalue weighted by Gasteiger charge is 2.37. The van der Waals surface area contributed by atoms with Gasteiger partial charge in [0.25, 0.3) is 5.56 Å². The highest BCUT2D eigenvalue weighted by molar-refractivity contribution is 5.79. The van der Waals surface area contributed by atoms with Gasteiger partial charge in [-0.25, -0.2) is 4.68 Å². The van der Waals surface area contributed by atoms with Crippen LogP contribution in [-0.4, -0.2) is 38.3 Å². The van der Waals surface area contributed by atoms with Crippen molar-refractivity contribution in [3.8, 4) is 0 Å². The second kappa shape index (κ2) is 7.95. The molecule has 3 heterocycles. The van der Waals surface area contributed by atoms with Crippen molar-refractivity contribution in [2.75, 3.05) is 13.1 Å². The summed E-state index contributed by atoms with van der Waals surface area (Å²) in [6.07, 6.45) is 7.01. The molecule has 0 unspecified atom stereocenters. The number of quaternary nitrogens is 1. The molecule has 0 radical (unpaired) electrons. The molecule has 2 fully saturated rings. The first-order chi connectivity index (χ1) is 14.6. The minimum Gasteiger partial charge on any atom is -0.322 e. The van der Waals surface area contributed by atoms with Gasteiger partial charge in [-0.1, -0.05) is 31.4 Å². The predicted octanol–water partition coefficient (Wildman–Crippen LogP) is 2.34. The van der Waals surface area contributed by atoms with Crippen LogP contribution in [0, 0.1) is 12.8 Å². The molecule has 2 aliphatic rings. The van der Waals surface area contributed by atoms with Crippen molar-refractivity contribution in [2.24, 2.45) is 5.92 Å². The summed E-state index contributed by atoms with van der Waals surface area (Å²) >= 11 is 0. The van der Waals surface area contributed by atoms with Crippen molar-refractivity contribution in [1.29, 1.82) is 0 Å². The van der Waals surface area contributed by atoms with E-state index in [2.05, 4.69) is 46.5 Å². The fourth-order valence-corrected chi connectivity index (χ4v) is 5.32. The third-order valence-electron chi connectivity index (χ3n) is 7.11. The van der Waals surface area contributed by atoms with Crippen LogP contribution in [0.4, 0.5) is 0 Å². The second-order valence-corrected chi connectivity index (χ2v) is 9.34. The summed E-state index contributed by atoms with van der Waals surface area (Å²) in [5.74, 6) is 1.58. The molecule has 158 valence electrons. The number of aromatic amines is 1. The van der Waals surface area contributed by atoms with Crippen molar-refractivity contribution >= 4 is 10.9 Å². The van der Waals surface area contributed by atoms with E-state index in [9.17, 15) is 4.79 Å². The Kier molecular flexibility index (Phi) is 5.15. The van der Waals surface area contributed by atoms with Crippen LogP contribution in [0.15, 0.2) is 29.1 Å². The number of fused-ring (bicyclic) bond motifs is 1. The van der Waals surface area contributed by atoms with Crippen molar-refractivity contribution < 1.29 is 4.90 Å². The van der Waals surface area contributed by atoms with Crippen molar-refractivity contribution in [2.45, 2.75) is 64.5 Å². The molecule has 7 heteroatoms. The Morgan fingerprint density at radius 2 is 1.90 bits per heavy atom. The number of aromatic nitrogens is 5. The zero-order valence-electron chi connectivity index (χ0n) is 17.9. The van der Waals surface area contributed by atoms with Gasteiger partial charge in [-0.3, -0.25) is 4.79 Å². The number of piperidine rings is 1. The van der Waals surface area contributed by atoms with Crippen LogP contribution >= 0.6 is 0 Å². The third-order valence-corrected chi connectivity index (χ3v) is 7.11. The Labute approximate surface area is 176 Å². The van der Waals surface area contributed by atoms with Gasteiger partial charge < -0.3 is 9.88 Å². The van der Waals surface area contributed by atoms with Crippen molar-refractivity contribution in [3.63, 3.8) is 0 Å². The lowest BCUT2D eigenvalue weighted by molar-refractivity contribution is -0.932. The quantitative estimate of drug-likeness (QED) is 0.696. The number of H-pyrrole nitrogens is 1. The number of nitrogens with one attached hydrogen (secondary N) is 2. The molecular formula is C23H31N6O+. The molecule has 2 N–H and O–H groups in total. The van der Waals surface area contributed by atoms with E-state index in [0.717, 1.165) is 54.1 Å². The average molecular weight is 408 g/mol. The van der Waals surface area contributed by atoms with E-state index >= 15 is 0 Å². The predicted molar refractivity (Wildman–Crippen MR) is 116 cm³/mol. The number of rotatable bonds is 4. The molecule has 1 aromatic carbocycles. The minimum atomic E-state index is -0.137. The molecule has 1 atom stereocenters. The lowest BCUT2D eigenvalue weighted by Crippen LogP contribution is -3.13. The Hall–Kier alpha value is -2.54. The highest BCUT2D eigenvalue weighted by atomic mass is 16.1. The topological polar surface area (TPSA) is 80.9 Å². The molecule has 1 aliphatic heterocycles. The fourth-order valence-electron chi connectivity index (χ4n) is 5.32. The summed E-state index contributed by atoms with van der Waals surface area (Å²) in [4.78, 5) is 17.8. The summed E-state index contributed by atoms with van der Waals surface area (Å²) in [5.41, 5.74) is 2.83. The standard InChI is InChI=1S/C23H30N6O/c1-15-9-11-28(12-10-15)21(22-25-26-27-29(22)18-5-3-4-6-18)19-14-17-13-16(2)7-8-20(17)24-23(19)30/h7-8,13-15,18,21H,3-6,9-12H2,1-2H3,(H,24,30)/p+1/t21-/m1/s1. The summed E-state index contributed by atoms with van der Waals surface area (Å²) in [6.45, 7) is 6.48. The van der Waals surface area contributed by atoms with E-state index in [1.165, 1.54) is 36.1 Å². The van der Waals surface area contributed by atoms with Crippen molar-refractivity contribution in [1.82, 2.24) is 25.2 Å². The summed E-state index contributed by atoms with van der Waals surface area (Å²) in [7, 11) is 0. The number of aryl methyl sites for hydroxylation is 1. The van der Waals surface area contributed by atoms with Gasteiger partial charge in [0, 0.05) is 5.52 Å². The van der Waals surface area contributed by atoms with Crippen LogP contribution in [0.3, 0.4) is 0 Å². The number of likely N-dealkylation sites (tertiary alicyclic amines) is 1. The first-order valence-corrected chi connectivity index (χ1v) is 11.4. The molecule has 3 aromatic rings. The molecule has 30 heavy (non-hydrogen) atoms. The SMILES string of the molecule is Cc1ccc2[nH]c(=O)c([C@H](c3nnnn3C3CCCC3)[NH+]3CCC(C)CC3)cc2c1. The van der Waals surface area contributed by atoms with Gasteiger partial charge in [-0.2, -0.15) is 0 Å². The number of benzene rings is 1. The smallest absolute Gasteiger partial charge is 0.258 e. The molecule has 0 spiro atoms. The largest absolute Gasteiger partial charge is 0.322 e. The molecule has 0 amide bonds. The summed E-state index contributed by atoms with van der Waals surface area (Å²) in [6, 6.07) is 8.45. The zero-order chi connectivity index (χ0) is 20.7. The van der Waals surface area contributed by atoms with E-state index < -0.39 is 0 Å². The lowest BCUT2D eigenvalue weighted by atomic mass is 9.95. The zero-order valence-corrected chi connectivity index (χ0v) is 17.9. The maximum atomic E-state index is 13.2. The Balaban J connectivity index is 1.64. The van der Waals surface area contributed by atoms with Crippen LogP contribution < -0.4 is 10.5 Å². The molecule has 1 aliphatic carbocycles. The second-order valence-electron chi connectivity index (χ2n) is 9.34. The van der Waals surface area contributed by atoms with E-state index in [4.69, 9.17) is 0 Å². The molecular weight excluding hydrogens is 376 g/mol. The van der Waals surface area contributed by atoms with Gasteiger partial charge >= 0.3 is 0 Å². The van der Waals surface area contributed by atoms with E-state index in [1.807, 2.05) is 16.8 Å². The molecule has 1 saturated heterocycles. The highest BCUT2D eigenvalue weighted by Crippen LogP contribution is 2.31. The lowest BCUT2D eigenvalue weighted by Gasteiger charge is -2.33. The van der Waals surface area contributed by atoms with Gasteiger partial charge in [0.1, 0.15) is 0 Å². The normalized spacial score (nSPS) is 23.8. The first kappa shape index (κ1) is 19.4. The third kappa shape index (κ3) is 3.55. The van der Waals surface area contributed by atoms with Gasteiger partial charge in [-0.05, 0) is 72.5 Å². The van der Waals surface area contributed by atoms with Gasteiger partial charge in [0.15, 0.2) is 6.04 Å². The van der Waals surface area contributed by atoms with E-state index in [-0.39, 0.29) is 11.6 Å². The van der Waals surface area contributed by atoms with E-state index in [1.54, 1.807) is 0 Å². The number of hydrogen-bond donors (Lipinski definition) is 2. The monoisotopic (exact) mass is 407 g/mol. The summed E-state index contributed by atoms with van der Waals surface area (Å²) < 4.78 is 2.03. The van der Waals surface area contributed by atoms with E-state index in [0.29, 0.717) is 6.04 Å². The van der Waals surface area contributed by atoms with Crippen LogP contribution in [0.5, 0.6) is 0 Å². The van der Waals surface area contributed by atoms with Crippen LogP contribution in [-0.2, 0) is 0 Å². The van der Waals surface area contributed by atoms with Crippen LogP contribution in [0.2, 0.25) is 0 Å². The molecule has 0 bridgehead atoms. The van der Waals surface area contributed by atoms with Gasteiger partial charge in [0.2, 0.25) is 5.82 Å². The molecule has 7 nitrogen and oxygen atoms in total. The number of hydrogen-bond acceptors (Lipinski definition) is 4. The Morgan fingerprint density at radius 3 is 2.67 bits per heavy atom. The number of tetrazole rings is 1. The van der Waals surface area contributed by atoms with Crippen molar-refractivity contribution in [3.05, 3.63) is 51.6 Å². The fraction of sp³-hybridized carbons (Fsp3) is 0.565. The number of nitrogens with zero attached hydrogens (tertiary/aromatic N) is 4. The number of pyridine rings is 1. The minimum absolute atomic E-state index is 0.0246. The Bertz CT molecular complexity index is 1090. The Morgan fingerprint density at radius 1 is 1.13 bits per heavy atom. The molecule has 5 rings (SSSR count). The summed E-state index contributed by atoms with van der Waals surface area (Å²) in [5, 5.41) is 14.0. The van der Waals surface area contributed by atoms with Crippen LogP contribution in [0.1, 0.15) is 74.5 Å². The molecule has 1 saturated carbocycles. The maximum Gasteiger partial charge on any atom is 0.258 e. The van der Waals surface area contributed by atoms with Crippen LogP contribution in [0.25, 0.3) is 10.9 Å². The first-order valence-electron chi connectivity index (χ1n) is 11.4. The molecule has 2 aromatic heterocycles.